The van der Waals surface area contributed by atoms with Crippen LogP contribution in [0.5, 0.6) is 17.2 Å². The average molecular weight is 352 g/mol. The van der Waals surface area contributed by atoms with Crippen LogP contribution in [-0.4, -0.2) is 31.9 Å². The van der Waals surface area contributed by atoms with E-state index < -0.39 is 5.97 Å². The fourth-order valence-corrected chi connectivity index (χ4v) is 2.97. The van der Waals surface area contributed by atoms with Gasteiger partial charge in [0.2, 0.25) is 0 Å². The van der Waals surface area contributed by atoms with Crippen LogP contribution in [0.2, 0.25) is 0 Å². The Morgan fingerprint density at radius 3 is 2.35 bits per heavy atom. The monoisotopic (exact) mass is 352 g/mol. The fourth-order valence-electron chi connectivity index (χ4n) is 2.97. The third kappa shape index (κ3) is 3.04. The standard InChI is InChI=1S/C21H20O5/c1-4-26-21(23)19-15(13-8-6-5-7-9-13)12-16-17(20(19)22)10-14(24-2)11-18(16)25-3/h5-12,22H,4H2,1-3H3. The second-order valence-electron chi connectivity index (χ2n) is 5.66. The van der Waals surface area contributed by atoms with Crippen molar-refractivity contribution in [3.63, 3.8) is 0 Å². The van der Waals surface area contributed by atoms with Crippen LogP contribution in [0.15, 0.2) is 48.5 Å². The molecule has 1 N–H and O–H groups in total. The van der Waals surface area contributed by atoms with E-state index >= 15 is 0 Å². The number of methoxy groups -OCH3 is 2. The number of benzene rings is 3. The van der Waals surface area contributed by atoms with Crippen molar-refractivity contribution in [3.05, 3.63) is 54.1 Å². The van der Waals surface area contributed by atoms with E-state index in [0.29, 0.717) is 27.8 Å². The molecule has 0 aliphatic carbocycles. The van der Waals surface area contributed by atoms with E-state index in [9.17, 15) is 9.90 Å². The largest absolute Gasteiger partial charge is 0.506 e. The molecule has 0 saturated heterocycles. The van der Waals surface area contributed by atoms with Crippen molar-refractivity contribution >= 4 is 16.7 Å². The van der Waals surface area contributed by atoms with Crippen LogP contribution < -0.4 is 9.47 Å². The summed E-state index contributed by atoms with van der Waals surface area (Å²) in [6.45, 7) is 1.94. The van der Waals surface area contributed by atoms with E-state index in [-0.39, 0.29) is 17.9 Å². The molecule has 0 aliphatic rings. The molecule has 0 bridgehead atoms. The van der Waals surface area contributed by atoms with Crippen molar-refractivity contribution in [2.75, 3.05) is 20.8 Å². The van der Waals surface area contributed by atoms with E-state index in [1.165, 1.54) is 7.11 Å². The third-order valence-electron chi connectivity index (χ3n) is 4.19. The Labute approximate surface area is 151 Å². The maximum absolute atomic E-state index is 12.6. The van der Waals surface area contributed by atoms with Crippen LogP contribution >= 0.6 is 0 Å². The molecule has 3 rings (SSSR count). The Morgan fingerprint density at radius 1 is 1.00 bits per heavy atom. The lowest BCUT2D eigenvalue weighted by Crippen LogP contribution is -2.07. The Hall–Kier alpha value is -3.21. The predicted molar refractivity (Wildman–Crippen MR) is 100 cm³/mol. The molecule has 0 atom stereocenters. The number of phenolic OH excluding ortho intramolecular Hbond substituents is 1. The summed E-state index contributed by atoms with van der Waals surface area (Å²) in [6, 6.07) is 14.6. The molecule has 134 valence electrons. The van der Waals surface area contributed by atoms with Gasteiger partial charge in [-0.15, -0.1) is 0 Å². The molecule has 0 fully saturated rings. The summed E-state index contributed by atoms with van der Waals surface area (Å²) in [7, 11) is 3.08. The molecular weight excluding hydrogens is 332 g/mol. The van der Waals surface area contributed by atoms with Crippen molar-refractivity contribution in [3.8, 4) is 28.4 Å². The van der Waals surface area contributed by atoms with Gasteiger partial charge in [0.1, 0.15) is 22.8 Å². The van der Waals surface area contributed by atoms with Crippen LogP contribution in [0.4, 0.5) is 0 Å². The van der Waals surface area contributed by atoms with Gasteiger partial charge in [0.05, 0.1) is 20.8 Å². The first-order valence-electron chi connectivity index (χ1n) is 8.25. The molecule has 0 heterocycles. The van der Waals surface area contributed by atoms with Crippen molar-refractivity contribution < 1.29 is 24.1 Å². The van der Waals surface area contributed by atoms with Crippen molar-refractivity contribution in [2.24, 2.45) is 0 Å². The molecule has 3 aromatic rings. The Balaban J connectivity index is 2.40. The Bertz CT molecular complexity index is 948. The third-order valence-corrected chi connectivity index (χ3v) is 4.19. The number of fused-ring (bicyclic) bond motifs is 1. The molecule has 0 spiro atoms. The minimum Gasteiger partial charge on any atom is -0.506 e. The maximum atomic E-state index is 12.6. The molecule has 0 saturated carbocycles. The fraction of sp³-hybridized carbons (Fsp3) is 0.190. The minimum atomic E-state index is -0.576. The predicted octanol–water partition coefficient (Wildman–Crippen LogP) is 4.41. The summed E-state index contributed by atoms with van der Waals surface area (Å²) in [4.78, 5) is 12.6. The highest BCUT2D eigenvalue weighted by molar-refractivity contribution is 6.09. The highest BCUT2D eigenvalue weighted by atomic mass is 16.5. The summed E-state index contributed by atoms with van der Waals surface area (Å²) in [6.07, 6.45) is 0. The topological polar surface area (TPSA) is 65.0 Å². The first-order valence-corrected chi connectivity index (χ1v) is 8.25. The number of esters is 1. The van der Waals surface area contributed by atoms with Crippen molar-refractivity contribution in [1.29, 1.82) is 0 Å². The number of carbonyl (C=O) groups excluding carboxylic acids is 1. The van der Waals surface area contributed by atoms with Gasteiger partial charge < -0.3 is 19.3 Å². The smallest absolute Gasteiger partial charge is 0.342 e. The maximum Gasteiger partial charge on any atom is 0.342 e. The van der Waals surface area contributed by atoms with Crippen LogP contribution in [-0.2, 0) is 4.74 Å². The van der Waals surface area contributed by atoms with E-state index in [4.69, 9.17) is 14.2 Å². The zero-order chi connectivity index (χ0) is 18.7. The van der Waals surface area contributed by atoms with Gasteiger partial charge in [-0.05, 0) is 24.6 Å². The second-order valence-corrected chi connectivity index (χ2v) is 5.66. The number of hydrogen-bond acceptors (Lipinski definition) is 5. The number of carbonyl (C=O) groups is 1. The van der Waals surface area contributed by atoms with Crippen molar-refractivity contribution in [1.82, 2.24) is 0 Å². The zero-order valence-corrected chi connectivity index (χ0v) is 14.9. The number of rotatable bonds is 5. The van der Waals surface area contributed by atoms with Gasteiger partial charge in [0.25, 0.3) is 0 Å². The molecule has 0 unspecified atom stereocenters. The van der Waals surface area contributed by atoms with Crippen LogP contribution in [0.1, 0.15) is 17.3 Å². The molecule has 0 amide bonds. The summed E-state index contributed by atoms with van der Waals surface area (Å²) >= 11 is 0. The van der Waals surface area contributed by atoms with Gasteiger partial charge in [-0.1, -0.05) is 30.3 Å². The quantitative estimate of drug-likeness (QED) is 0.689. The highest BCUT2D eigenvalue weighted by Crippen LogP contribution is 2.42. The highest BCUT2D eigenvalue weighted by Gasteiger charge is 2.23. The molecule has 0 aliphatic heterocycles. The molecule has 0 radical (unpaired) electrons. The summed E-state index contributed by atoms with van der Waals surface area (Å²) in [5.41, 5.74) is 1.50. The first-order chi connectivity index (χ1) is 12.6. The first kappa shape index (κ1) is 17.6. The number of hydrogen-bond donors (Lipinski definition) is 1. The van der Waals surface area contributed by atoms with E-state index in [2.05, 4.69) is 0 Å². The van der Waals surface area contributed by atoms with Crippen LogP contribution in [0.3, 0.4) is 0 Å². The van der Waals surface area contributed by atoms with E-state index in [1.807, 2.05) is 36.4 Å². The SMILES string of the molecule is CCOC(=O)c1c(-c2ccccc2)cc2c(OC)cc(OC)cc2c1O. The van der Waals surface area contributed by atoms with Crippen LogP contribution in [0.25, 0.3) is 21.9 Å². The summed E-state index contributed by atoms with van der Waals surface area (Å²) in [5, 5.41) is 12.1. The number of phenols is 1. The Kier molecular flexibility index (Phi) is 4.98. The minimum absolute atomic E-state index is 0.126. The van der Waals surface area contributed by atoms with Crippen molar-refractivity contribution in [2.45, 2.75) is 6.92 Å². The average Bonchev–Trinajstić information content (AvgIpc) is 2.67. The molecule has 26 heavy (non-hydrogen) atoms. The van der Waals surface area contributed by atoms with Gasteiger partial charge in [0, 0.05) is 22.4 Å². The molecule has 0 aromatic heterocycles. The van der Waals surface area contributed by atoms with Gasteiger partial charge in [-0.3, -0.25) is 0 Å². The number of ether oxygens (including phenoxy) is 3. The van der Waals surface area contributed by atoms with E-state index in [0.717, 1.165) is 5.56 Å². The molecule has 5 heteroatoms. The van der Waals surface area contributed by atoms with Gasteiger partial charge in [-0.25, -0.2) is 4.79 Å². The summed E-state index contributed by atoms with van der Waals surface area (Å²) < 4.78 is 15.9. The molecular formula is C21H20O5. The van der Waals surface area contributed by atoms with Gasteiger partial charge in [-0.2, -0.15) is 0 Å². The number of aromatic hydroxyl groups is 1. The normalized spacial score (nSPS) is 10.6. The van der Waals surface area contributed by atoms with Gasteiger partial charge >= 0.3 is 5.97 Å². The lowest BCUT2D eigenvalue weighted by atomic mass is 9.93. The second kappa shape index (κ2) is 7.35. The zero-order valence-electron chi connectivity index (χ0n) is 14.9. The van der Waals surface area contributed by atoms with Crippen LogP contribution in [0, 0.1) is 0 Å². The van der Waals surface area contributed by atoms with E-state index in [1.54, 1.807) is 26.2 Å². The Morgan fingerprint density at radius 2 is 1.73 bits per heavy atom. The van der Waals surface area contributed by atoms with Gasteiger partial charge in [0.15, 0.2) is 0 Å². The lowest BCUT2D eigenvalue weighted by molar-refractivity contribution is 0.0524. The lowest BCUT2D eigenvalue weighted by Gasteiger charge is -2.16. The molecule has 3 aromatic carbocycles. The molecule has 5 nitrogen and oxygen atoms in total. The summed E-state index contributed by atoms with van der Waals surface area (Å²) in [5.74, 6) is 0.332.